The molecule has 240 valence electrons. The standard InChI is InChI=1S/C7H14N2.C7H18N2.C7H10N2.C4H10O.C3H2N2.C2H5I.Al.Li.4H/c1-3-7(4-2)5-8-9-6-7;2*1-3-7(4-2,5-8)6-9;1-3-5-4-2;4-2-1-3-5;1-2-3;;;;;;/h3-6H2,1-2H3;3-6,8-9H2,1-2H3;3-4H2,1-2H3;3-4H2,1-2H3;1H2;2H2,1H3;;;;;;/q;;;;;;;+1;;;;-1. The third-order valence-corrected chi connectivity index (χ3v) is 6.98. The number of nitrogens with two attached hydrogens (primary N) is 2. The van der Waals surface area contributed by atoms with Gasteiger partial charge in [0.15, 0.2) is 17.4 Å². The summed E-state index contributed by atoms with van der Waals surface area (Å²) in [6, 6.07) is 7.32. The van der Waals surface area contributed by atoms with E-state index in [1.54, 1.807) is 12.1 Å². The molecule has 0 amide bonds. The van der Waals surface area contributed by atoms with E-state index in [-0.39, 0.29) is 49.5 Å². The van der Waals surface area contributed by atoms with Crippen molar-refractivity contribution in [2.24, 2.45) is 37.9 Å². The second-order valence-electron chi connectivity index (χ2n) is 8.98. The Morgan fingerprint density at radius 2 is 1.10 bits per heavy atom. The van der Waals surface area contributed by atoms with E-state index >= 15 is 0 Å². The van der Waals surface area contributed by atoms with E-state index in [2.05, 4.69) is 67.4 Å². The second kappa shape index (κ2) is 42.4. The first-order valence-electron chi connectivity index (χ1n) is 14.5. The molecule has 12 heteroatoms. The van der Waals surface area contributed by atoms with Crippen LogP contribution in [0.1, 0.15) is 109 Å². The predicted octanol–water partition coefficient (Wildman–Crippen LogP) is 3.65. The van der Waals surface area contributed by atoms with Gasteiger partial charge in [0.25, 0.3) is 0 Å². The molecule has 0 saturated heterocycles. The van der Waals surface area contributed by atoms with Crippen molar-refractivity contribution >= 4 is 40.0 Å². The minimum absolute atomic E-state index is 0. The Morgan fingerprint density at radius 1 is 0.762 bits per heavy atom. The summed E-state index contributed by atoms with van der Waals surface area (Å²) in [4.78, 5) is 0. The van der Waals surface area contributed by atoms with Gasteiger partial charge in [0.2, 0.25) is 0 Å². The number of nitriles is 4. The Bertz CT molecular complexity index is 673. The van der Waals surface area contributed by atoms with Crippen LogP contribution < -0.4 is 30.3 Å². The Hall–Kier alpha value is -0.700. The van der Waals surface area contributed by atoms with Crippen molar-refractivity contribution in [3.8, 4) is 24.3 Å². The first-order valence-corrected chi connectivity index (χ1v) is 16.0. The van der Waals surface area contributed by atoms with Crippen molar-refractivity contribution in [3.05, 3.63) is 0 Å². The average Bonchev–Trinajstić information content (AvgIpc) is 3.49. The topological polar surface area (TPSA) is 181 Å². The molecule has 1 aliphatic rings. The summed E-state index contributed by atoms with van der Waals surface area (Å²) in [6.07, 6.45) is 5.87. The van der Waals surface area contributed by atoms with E-state index in [1.807, 2.05) is 39.8 Å². The van der Waals surface area contributed by atoms with Crippen LogP contribution in [0.2, 0.25) is 0 Å². The van der Waals surface area contributed by atoms with Gasteiger partial charge in [-0.15, -0.1) is 0 Å². The van der Waals surface area contributed by atoms with E-state index < -0.39 is 5.41 Å². The SMILES string of the molecule is CCC(C#N)(C#N)CC.CCC(CC)(CN)CN.CCC1(CC)CN=NC1.CCI.CCOCC.N#CCC#N.[AlH3].[H-].[Li+]. The van der Waals surface area contributed by atoms with Gasteiger partial charge in [-0.25, -0.2) is 0 Å². The smallest absolute Gasteiger partial charge is 1.00 e. The van der Waals surface area contributed by atoms with Gasteiger partial charge < -0.3 is 17.6 Å². The first-order chi connectivity index (χ1) is 19.1. The summed E-state index contributed by atoms with van der Waals surface area (Å²) in [5, 5.41) is 40.2. The van der Waals surface area contributed by atoms with Crippen LogP contribution in [0.25, 0.3) is 0 Å². The molecule has 42 heavy (non-hydrogen) atoms. The van der Waals surface area contributed by atoms with Crippen LogP contribution in [0.4, 0.5) is 0 Å². The third kappa shape index (κ3) is 32.2. The molecule has 0 saturated carbocycles. The Morgan fingerprint density at radius 3 is 1.14 bits per heavy atom. The fourth-order valence-electron chi connectivity index (χ4n) is 2.89. The zero-order valence-electron chi connectivity index (χ0n) is 29.0. The molecule has 0 aromatic carbocycles. The normalized spacial score (nSPS) is 11.5. The zero-order valence-corrected chi connectivity index (χ0v) is 30.2. The number of rotatable bonds is 10. The maximum atomic E-state index is 8.50. The van der Waals surface area contributed by atoms with Crippen LogP contribution in [-0.4, -0.2) is 61.2 Å². The van der Waals surface area contributed by atoms with Crippen molar-refractivity contribution in [1.29, 1.82) is 21.0 Å². The summed E-state index contributed by atoms with van der Waals surface area (Å²) in [5.41, 5.74) is 11.1. The van der Waals surface area contributed by atoms with Gasteiger partial charge in [0, 0.05) is 18.6 Å². The number of azo groups is 1. The van der Waals surface area contributed by atoms with Gasteiger partial charge in [0.05, 0.1) is 37.4 Å². The molecule has 0 fully saturated rings. The summed E-state index contributed by atoms with van der Waals surface area (Å²) >= 11 is 2.29. The zero-order chi connectivity index (χ0) is 32.3. The summed E-state index contributed by atoms with van der Waals surface area (Å²) in [6.45, 7) is 23.6. The van der Waals surface area contributed by atoms with Gasteiger partial charge in [-0.2, -0.15) is 31.3 Å². The third-order valence-electron chi connectivity index (χ3n) is 6.98. The fraction of sp³-hybridized carbons (Fsp3) is 0.867. The van der Waals surface area contributed by atoms with Gasteiger partial charge in [0.1, 0.15) is 11.8 Å². The maximum absolute atomic E-state index is 8.50. The van der Waals surface area contributed by atoms with E-state index in [1.165, 1.54) is 17.3 Å². The molecule has 0 aromatic heterocycles. The molecule has 1 rings (SSSR count). The monoisotopic (exact) mass is 712 g/mol. The van der Waals surface area contributed by atoms with Crippen LogP contribution in [0.15, 0.2) is 10.2 Å². The largest absolute Gasteiger partial charge is 1.00 e. The molecular formula is C30H63AlILiN8O. The van der Waals surface area contributed by atoms with Crippen LogP contribution in [0, 0.1) is 61.6 Å². The van der Waals surface area contributed by atoms with Gasteiger partial charge >= 0.3 is 18.9 Å². The quantitative estimate of drug-likeness (QED) is 0.197. The van der Waals surface area contributed by atoms with Crippen molar-refractivity contribution in [2.75, 3.05) is 43.8 Å². The Kier molecular flexibility index (Phi) is 57.6. The molecule has 0 spiro atoms. The number of nitrogens with zero attached hydrogens (tertiary/aromatic N) is 6. The molecule has 0 atom stereocenters. The van der Waals surface area contributed by atoms with Gasteiger partial charge in [-0.3, -0.25) is 0 Å². The van der Waals surface area contributed by atoms with Crippen molar-refractivity contribution < 1.29 is 25.0 Å². The van der Waals surface area contributed by atoms with Crippen LogP contribution in [0.5, 0.6) is 0 Å². The molecule has 9 nitrogen and oxygen atoms in total. The maximum Gasteiger partial charge on any atom is 1.00 e. The molecule has 1 heterocycles. The molecular weight excluding hydrogens is 649 g/mol. The number of ether oxygens (including phenoxy) is 1. The fourth-order valence-corrected chi connectivity index (χ4v) is 2.89. The van der Waals surface area contributed by atoms with Crippen LogP contribution in [0.3, 0.4) is 0 Å². The van der Waals surface area contributed by atoms with E-state index in [4.69, 9.17) is 37.3 Å². The molecule has 1 aliphatic heterocycles. The summed E-state index contributed by atoms with van der Waals surface area (Å²) in [5.74, 6) is 0. The van der Waals surface area contributed by atoms with Crippen molar-refractivity contribution in [1.82, 2.24) is 0 Å². The number of halogens is 1. The Labute approximate surface area is 297 Å². The van der Waals surface area contributed by atoms with Crippen molar-refractivity contribution in [2.45, 2.75) is 107 Å². The number of hydrogen-bond donors (Lipinski definition) is 2. The molecule has 0 radical (unpaired) electrons. The molecule has 0 unspecified atom stereocenters. The average molecular weight is 713 g/mol. The van der Waals surface area contributed by atoms with Gasteiger partial charge in [-0.05, 0) is 75.3 Å². The van der Waals surface area contributed by atoms with Gasteiger partial charge in [-0.1, -0.05) is 71.1 Å². The number of alkyl halides is 1. The first kappa shape index (κ1) is 57.0. The molecule has 0 bridgehead atoms. The molecule has 0 aromatic rings. The number of hydrogen-bond acceptors (Lipinski definition) is 9. The predicted molar refractivity (Wildman–Crippen MR) is 187 cm³/mol. The molecule has 4 N–H and O–H groups in total. The van der Waals surface area contributed by atoms with E-state index in [0.29, 0.717) is 18.3 Å². The summed E-state index contributed by atoms with van der Waals surface area (Å²) < 4.78 is 6.05. The van der Waals surface area contributed by atoms with Crippen LogP contribution >= 0.6 is 22.6 Å². The Balaban J connectivity index is -0.0000000581. The second-order valence-corrected chi connectivity index (χ2v) is 10.5. The molecule has 0 aliphatic carbocycles. The van der Waals surface area contributed by atoms with Crippen LogP contribution in [-0.2, 0) is 4.74 Å². The van der Waals surface area contributed by atoms with E-state index in [0.717, 1.165) is 52.2 Å². The van der Waals surface area contributed by atoms with E-state index in [9.17, 15) is 0 Å². The minimum atomic E-state index is -0.722. The van der Waals surface area contributed by atoms with Crippen molar-refractivity contribution in [3.63, 3.8) is 0 Å². The minimum Gasteiger partial charge on any atom is -1.00 e. The summed E-state index contributed by atoms with van der Waals surface area (Å²) in [7, 11) is 0.